The van der Waals surface area contributed by atoms with Gasteiger partial charge in [-0.1, -0.05) is 23.2 Å². The van der Waals surface area contributed by atoms with Crippen LogP contribution in [-0.4, -0.2) is 24.5 Å². The van der Waals surface area contributed by atoms with E-state index in [2.05, 4.69) is 17.6 Å². The summed E-state index contributed by atoms with van der Waals surface area (Å²) in [6, 6.07) is 4.88. The van der Waals surface area contributed by atoms with Crippen LogP contribution in [0.4, 0.5) is 0 Å². The molecule has 19 heavy (non-hydrogen) atoms. The number of amides is 1. The third-order valence-corrected chi connectivity index (χ3v) is 3.68. The highest BCUT2D eigenvalue weighted by molar-refractivity contribution is 6.35. The molecule has 1 heterocycles. The lowest BCUT2D eigenvalue weighted by atomic mass is 9.90. The van der Waals surface area contributed by atoms with E-state index in [0.29, 0.717) is 15.6 Å². The minimum Gasteiger partial charge on any atom is -0.347 e. The largest absolute Gasteiger partial charge is 0.347 e. The third-order valence-electron chi connectivity index (χ3n) is 3.25. The van der Waals surface area contributed by atoms with Crippen LogP contribution in [0.5, 0.6) is 0 Å². The van der Waals surface area contributed by atoms with Crippen LogP contribution >= 0.6 is 35.6 Å². The molecular formula is C13H17Cl3N2O. The standard InChI is InChI=1S/C13H16Cl2N2O.ClH/c1-13(2-4-16-5-3-13)17-12(18)9-6-10(14)8-11(15)7-9;/h6-8,16H,2-5H2,1H3,(H,17,18);1H. The molecule has 1 saturated heterocycles. The minimum absolute atomic E-state index is 0. The molecule has 1 aromatic rings. The Balaban J connectivity index is 0.00000180. The van der Waals surface area contributed by atoms with Gasteiger partial charge in [-0.2, -0.15) is 0 Å². The maximum Gasteiger partial charge on any atom is 0.251 e. The van der Waals surface area contributed by atoms with Gasteiger partial charge < -0.3 is 10.6 Å². The fourth-order valence-corrected chi connectivity index (χ4v) is 2.66. The number of hydrogen-bond acceptors (Lipinski definition) is 2. The molecule has 1 aliphatic heterocycles. The molecule has 0 aliphatic carbocycles. The third kappa shape index (κ3) is 4.53. The highest BCUT2D eigenvalue weighted by Crippen LogP contribution is 2.21. The van der Waals surface area contributed by atoms with Gasteiger partial charge in [0.2, 0.25) is 0 Å². The van der Waals surface area contributed by atoms with Gasteiger partial charge in [0.1, 0.15) is 0 Å². The number of hydrogen-bond donors (Lipinski definition) is 2. The summed E-state index contributed by atoms with van der Waals surface area (Å²) in [5, 5.41) is 7.30. The molecule has 3 nitrogen and oxygen atoms in total. The first-order chi connectivity index (χ1) is 8.48. The molecule has 0 atom stereocenters. The number of carbonyl (C=O) groups is 1. The second-order valence-corrected chi connectivity index (χ2v) is 5.80. The lowest BCUT2D eigenvalue weighted by Crippen LogP contribution is -2.52. The zero-order chi connectivity index (χ0) is 13.2. The van der Waals surface area contributed by atoms with E-state index < -0.39 is 0 Å². The minimum atomic E-state index is -0.156. The van der Waals surface area contributed by atoms with Crippen molar-refractivity contribution in [3.05, 3.63) is 33.8 Å². The van der Waals surface area contributed by atoms with E-state index in [4.69, 9.17) is 23.2 Å². The summed E-state index contributed by atoms with van der Waals surface area (Å²) in [7, 11) is 0. The Hall–Kier alpha value is -0.480. The van der Waals surface area contributed by atoms with Crippen LogP contribution in [0.15, 0.2) is 18.2 Å². The van der Waals surface area contributed by atoms with Gasteiger partial charge in [-0.3, -0.25) is 4.79 Å². The molecule has 0 spiro atoms. The van der Waals surface area contributed by atoms with Gasteiger partial charge in [-0.15, -0.1) is 12.4 Å². The van der Waals surface area contributed by atoms with Crippen molar-refractivity contribution in [2.45, 2.75) is 25.3 Å². The zero-order valence-electron chi connectivity index (χ0n) is 10.6. The highest BCUT2D eigenvalue weighted by Gasteiger charge is 2.28. The van der Waals surface area contributed by atoms with Gasteiger partial charge in [-0.25, -0.2) is 0 Å². The summed E-state index contributed by atoms with van der Waals surface area (Å²) < 4.78 is 0. The van der Waals surface area contributed by atoms with Crippen LogP contribution in [0.2, 0.25) is 10.0 Å². The van der Waals surface area contributed by atoms with Gasteiger partial charge in [-0.05, 0) is 51.1 Å². The number of halogens is 3. The molecule has 0 unspecified atom stereocenters. The van der Waals surface area contributed by atoms with Crippen LogP contribution in [0.3, 0.4) is 0 Å². The Labute approximate surface area is 129 Å². The highest BCUT2D eigenvalue weighted by atomic mass is 35.5. The summed E-state index contributed by atoms with van der Waals surface area (Å²) >= 11 is 11.8. The SMILES string of the molecule is CC1(NC(=O)c2cc(Cl)cc(Cl)c2)CCNCC1.Cl. The molecule has 1 aliphatic rings. The topological polar surface area (TPSA) is 41.1 Å². The van der Waals surface area contributed by atoms with Crippen LogP contribution in [0.1, 0.15) is 30.1 Å². The molecule has 0 bridgehead atoms. The summed E-state index contributed by atoms with van der Waals surface area (Å²) in [4.78, 5) is 12.2. The molecule has 6 heteroatoms. The fourth-order valence-electron chi connectivity index (χ4n) is 2.13. The molecule has 106 valence electrons. The van der Waals surface area contributed by atoms with Gasteiger partial charge >= 0.3 is 0 Å². The van der Waals surface area contributed by atoms with Crippen molar-refractivity contribution in [3.63, 3.8) is 0 Å². The first kappa shape index (κ1) is 16.6. The van der Waals surface area contributed by atoms with Crippen LogP contribution in [-0.2, 0) is 0 Å². The van der Waals surface area contributed by atoms with E-state index in [1.165, 1.54) is 0 Å². The van der Waals surface area contributed by atoms with Crippen molar-refractivity contribution in [3.8, 4) is 0 Å². The Bertz CT molecular complexity index is 439. The van der Waals surface area contributed by atoms with Crippen LogP contribution < -0.4 is 10.6 Å². The first-order valence-electron chi connectivity index (χ1n) is 5.98. The molecule has 2 rings (SSSR count). The lowest BCUT2D eigenvalue weighted by molar-refractivity contribution is 0.0887. The van der Waals surface area contributed by atoms with E-state index >= 15 is 0 Å². The van der Waals surface area contributed by atoms with Crippen LogP contribution in [0.25, 0.3) is 0 Å². The number of piperidine rings is 1. The predicted molar refractivity (Wildman–Crippen MR) is 81.7 cm³/mol. The summed E-state index contributed by atoms with van der Waals surface area (Å²) in [5.74, 6) is -0.121. The quantitative estimate of drug-likeness (QED) is 0.877. The van der Waals surface area contributed by atoms with Crippen molar-refractivity contribution >= 4 is 41.5 Å². The van der Waals surface area contributed by atoms with Crippen molar-refractivity contribution in [1.82, 2.24) is 10.6 Å². The average Bonchev–Trinajstić information content (AvgIpc) is 2.28. The van der Waals surface area contributed by atoms with Crippen LogP contribution in [0, 0.1) is 0 Å². The Kier molecular flexibility index (Phi) is 5.93. The zero-order valence-corrected chi connectivity index (χ0v) is 13.0. The average molecular weight is 324 g/mol. The second kappa shape index (κ2) is 6.80. The Morgan fingerprint density at radius 2 is 1.74 bits per heavy atom. The Morgan fingerprint density at radius 1 is 1.21 bits per heavy atom. The van der Waals surface area contributed by atoms with E-state index in [-0.39, 0.29) is 23.9 Å². The van der Waals surface area contributed by atoms with Crippen molar-refractivity contribution in [2.24, 2.45) is 0 Å². The summed E-state index contributed by atoms with van der Waals surface area (Å²) in [6.07, 6.45) is 1.85. The smallest absolute Gasteiger partial charge is 0.251 e. The normalized spacial score (nSPS) is 17.4. The van der Waals surface area contributed by atoms with Crippen molar-refractivity contribution in [2.75, 3.05) is 13.1 Å². The Morgan fingerprint density at radius 3 is 2.26 bits per heavy atom. The molecular weight excluding hydrogens is 307 g/mol. The molecule has 2 N–H and O–H groups in total. The number of rotatable bonds is 2. The van der Waals surface area contributed by atoms with Crippen molar-refractivity contribution in [1.29, 1.82) is 0 Å². The van der Waals surface area contributed by atoms with Gasteiger partial charge in [0.25, 0.3) is 5.91 Å². The lowest BCUT2D eigenvalue weighted by Gasteiger charge is -2.35. The maximum atomic E-state index is 12.2. The van der Waals surface area contributed by atoms with E-state index in [1.807, 2.05) is 0 Å². The van der Waals surface area contributed by atoms with E-state index in [0.717, 1.165) is 25.9 Å². The number of carbonyl (C=O) groups excluding carboxylic acids is 1. The van der Waals surface area contributed by atoms with E-state index in [9.17, 15) is 4.79 Å². The molecule has 0 aromatic heterocycles. The molecule has 1 aromatic carbocycles. The van der Waals surface area contributed by atoms with Gasteiger partial charge in [0.05, 0.1) is 0 Å². The van der Waals surface area contributed by atoms with Gasteiger partial charge in [0, 0.05) is 21.1 Å². The monoisotopic (exact) mass is 322 g/mol. The maximum absolute atomic E-state index is 12.2. The van der Waals surface area contributed by atoms with E-state index in [1.54, 1.807) is 18.2 Å². The molecule has 0 saturated carbocycles. The molecule has 1 fully saturated rings. The summed E-state index contributed by atoms with van der Waals surface area (Å²) in [6.45, 7) is 3.91. The molecule has 0 radical (unpaired) electrons. The van der Waals surface area contributed by atoms with Crippen molar-refractivity contribution < 1.29 is 4.79 Å². The first-order valence-corrected chi connectivity index (χ1v) is 6.73. The summed E-state index contributed by atoms with van der Waals surface area (Å²) in [5.41, 5.74) is 0.351. The fraction of sp³-hybridized carbons (Fsp3) is 0.462. The molecule has 1 amide bonds. The number of nitrogens with one attached hydrogen (secondary N) is 2. The van der Waals surface area contributed by atoms with Gasteiger partial charge in [0.15, 0.2) is 0 Å². The predicted octanol–water partition coefficient (Wildman–Crippen LogP) is 3.29. The second-order valence-electron chi connectivity index (χ2n) is 4.92. The number of benzene rings is 1.